The first-order valence-corrected chi connectivity index (χ1v) is 9.24. The number of aryl methyl sites for hydroxylation is 1. The molecule has 1 atom stereocenters. The van der Waals surface area contributed by atoms with Crippen molar-refractivity contribution in [2.75, 3.05) is 13.1 Å². The second-order valence-electron chi connectivity index (χ2n) is 6.48. The molecule has 1 unspecified atom stereocenters. The van der Waals surface area contributed by atoms with Crippen molar-refractivity contribution in [3.05, 3.63) is 53.1 Å². The molecule has 1 aromatic rings. The highest BCUT2D eigenvalue weighted by Crippen LogP contribution is 2.42. The Morgan fingerprint density at radius 2 is 1.75 bits per heavy atom. The van der Waals surface area contributed by atoms with Crippen molar-refractivity contribution in [3.63, 3.8) is 0 Å². The van der Waals surface area contributed by atoms with Gasteiger partial charge in [0, 0.05) is 10.1 Å². The average Bonchev–Trinajstić information content (AvgIpc) is 2.57. The number of nitrogens with one attached hydrogen (secondary N) is 1. The molecule has 1 fully saturated rings. The van der Waals surface area contributed by atoms with Crippen molar-refractivity contribution in [2.24, 2.45) is 5.92 Å². The number of hydrogen-bond acceptors (Lipinski definition) is 2. The van der Waals surface area contributed by atoms with Crippen LogP contribution in [0.1, 0.15) is 24.8 Å². The Balaban J connectivity index is 1.83. The maximum absolute atomic E-state index is 13.1. The van der Waals surface area contributed by atoms with Gasteiger partial charge in [-0.1, -0.05) is 29.3 Å². The van der Waals surface area contributed by atoms with Gasteiger partial charge in [0.15, 0.2) is 0 Å². The molecule has 0 spiro atoms. The molecule has 1 nitrogen and oxygen atoms in total. The Labute approximate surface area is 145 Å². The maximum Gasteiger partial charge on any atom is 0.416 e. The summed E-state index contributed by atoms with van der Waals surface area (Å²) in [5.41, 5.74) is 1.69. The summed E-state index contributed by atoms with van der Waals surface area (Å²) in [5, 5.41) is 3.39. The number of halogens is 3. The first-order valence-electron chi connectivity index (χ1n) is 8.36. The van der Waals surface area contributed by atoms with Crippen molar-refractivity contribution in [1.82, 2.24) is 5.32 Å². The van der Waals surface area contributed by atoms with E-state index in [-0.39, 0.29) is 11.2 Å². The molecule has 0 saturated carbocycles. The lowest BCUT2D eigenvalue weighted by molar-refractivity contribution is -0.0887. The standard InChI is InChI=1S/C19H22F3NS/c1-13-2-5-16(6-3-13)24-18-7-4-15(19(20,21)22)12-17(18)14-8-10-23-11-9-14/h2-6,12,14,18,23H,7-11H2,1H3. The summed E-state index contributed by atoms with van der Waals surface area (Å²) in [4.78, 5) is 1.12. The zero-order chi connectivity index (χ0) is 17.2. The van der Waals surface area contributed by atoms with E-state index in [0.29, 0.717) is 6.42 Å². The number of thioether (sulfide) groups is 1. The van der Waals surface area contributed by atoms with Gasteiger partial charge in [-0.05, 0) is 63.4 Å². The molecular weight excluding hydrogens is 331 g/mol. The molecule has 130 valence electrons. The number of benzene rings is 1. The van der Waals surface area contributed by atoms with Crippen LogP contribution < -0.4 is 5.32 Å². The van der Waals surface area contributed by atoms with Crippen molar-refractivity contribution in [1.29, 1.82) is 0 Å². The van der Waals surface area contributed by atoms with Crippen LogP contribution in [0, 0.1) is 12.8 Å². The summed E-state index contributed by atoms with van der Waals surface area (Å²) < 4.78 is 39.4. The van der Waals surface area contributed by atoms with Crippen LogP contribution in [0.4, 0.5) is 13.2 Å². The molecule has 0 amide bonds. The lowest BCUT2D eigenvalue weighted by Gasteiger charge is -2.32. The topological polar surface area (TPSA) is 12.0 Å². The van der Waals surface area contributed by atoms with Gasteiger partial charge in [-0.3, -0.25) is 0 Å². The predicted octanol–water partition coefficient (Wildman–Crippen LogP) is 5.27. The van der Waals surface area contributed by atoms with Gasteiger partial charge >= 0.3 is 6.18 Å². The minimum absolute atomic E-state index is 0.0990. The van der Waals surface area contributed by atoms with Crippen LogP contribution in [0.2, 0.25) is 0 Å². The fourth-order valence-corrected chi connectivity index (χ4v) is 4.54. The van der Waals surface area contributed by atoms with E-state index in [0.717, 1.165) is 36.4 Å². The van der Waals surface area contributed by atoms with E-state index in [2.05, 4.69) is 29.6 Å². The molecular formula is C19H22F3NS. The lowest BCUT2D eigenvalue weighted by Crippen LogP contribution is -2.32. The normalized spacial score (nSPS) is 22.9. The Morgan fingerprint density at radius 1 is 1.08 bits per heavy atom. The molecule has 1 N–H and O–H groups in total. The van der Waals surface area contributed by atoms with Crippen LogP contribution in [-0.4, -0.2) is 24.5 Å². The molecule has 1 saturated heterocycles. The highest BCUT2D eigenvalue weighted by Gasteiger charge is 2.36. The third-order valence-corrected chi connectivity index (χ3v) is 5.98. The van der Waals surface area contributed by atoms with E-state index in [1.54, 1.807) is 11.8 Å². The molecule has 1 heterocycles. The maximum atomic E-state index is 13.1. The Bertz CT molecular complexity index is 625. The summed E-state index contributed by atoms with van der Waals surface area (Å²) in [6.07, 6.45) is 0.812. The monoisotopic (exact) mass is 353 g/mol. The number of rotatable bonds is 3. The van der Waals surface area contributed by atoms with E-state index in [1.165, 1.54) is 17.7 Å². The number of hydrogen-bond donors (Lipinski definition) is 1. The van der Waals surface area contributed by atoms with Crippen molar-refractivity contribution >= 4 is 11.8 Å². The van der Waals surface area contributed by atoms with Gasteiger partial charge in [0.05, 0.1) is 5.57 Å². The third-order valence-electron chi connectivity index (χ3n) is 4.68. The van der Waals surface area contributed by atoms with Gasteiger partial charge in [0.1, 0.15) is 0 Å². The summed E-state index contributed by atoms with van der Waals surface area (Å²) in [6.45, 7) is 3.80. The van der Waals surface area contributed by atoms with E-state index in [9.17, 15) is 13.2 Å². The molecule has 1 aromatic carbocycles. The molecule has 1 aliphatic heterocycles. The van der Waals surface area contributed by atoms with Crippen LogP contribution in [0.5, 0.6) is 0 Å². The molecule has 0 bridgehead atoms. The van der Waals surface area contributed by atoms with Gasteiger partial charge in [-0.25, -0.2) is 0 Å². The van der Waals surface area contributed by atoms with Crippen LogP contribution in [0.3, 0.4) is 0 Å². The highest BCUT2D eigenvalue weighted by atomic mass is 32.2. The summed E-state index contributed by atoms with van der Waals surface area (Å²) in [5.74, 6) is 0.250. The first-order chi connectivity index (χ1) is 11.4. The van der Waals surface area contributed by atoms with Crippen molar-refractivity contribution < 1.29 is 13.2 Å². The quantitative estimate of drug-likeness (QED) is 0.794. The predicted molar refractivity (Wildman–Crippen MR) is 93.3 cm³/mol. The van der Waals surface area contributed by atoms with Crippen LogP contribution >= 0.6 is 11.8 Å². The minimum Gasteiger partial charge on any atom is -0.317 e. The molecule has 0 radical (unpaired) electrons. The molecule has 24 heavy (non-hydrogen) atoms. The van der Waals surface area contributed by atoms with Crippen LogP contribution in [0.15, 0.2) is 52.5 Å². The Kier molecular flexibility index (Phi) is 5.40. The summed E-state index contributed by atoms with van der Waals surface area (Å²) >= 11 is 1.69. The fraction of sp³-hybridized carbons (Fsp3) is 0.474. The van der Waals surface area contributed by atoms with Gasteiger partial charge in [-0.2, -0.15) is 13.2 Å². The smallest absolute Gasteiger partial charge is 0.317 e. The van der Waals surface area contributed by atoms with Crippen molar-refractivity contribution in [2.45, 2.75) is 42.5 Å². The Hall–Kier alpha value is -1.20. The fourth-order valence-electron chi connectivity index (χ4n) is 3.33. The second kappa shape index (κ2) is 7.36. The second-order valence-corrected chi connectivity index (χ2v) is 7.76. The number of piperidine rings is 1. The minimum atomic E-state index is -4.25. The van der Waals surface area contributed by atoms with Crippen LogP contribution in [0.25, 0.3) is 0 Å². The zero-order valence-electron chi connectivity index (χ0n) is 13.7. The molecule has 0 aromatic heterocycles. The van der Waals surface area contributed by atoms with E-state index < -0.39 is 11.7 Å². The van der Waals surface area contributed by atoms with Gasteiger partial charge in [0.25, 0.3) is 0 Å². The zero-order valence-corrected chi connectivity index (χ0v) is 14.5. The van der Waals surface area contributed by atoms with Gasteiger partial charge in [0.2, 0.25) is 0 Å². The van der Waals surface area contributed by atoms with E-state index >= 15 is 0 Å². The molecule has 5 heteroatoms. The van der Waals surface area contributed by atoms with Crippen LogP contribution in [-0.2, 0) is 0 Å². The number of alkyl halides is 3. The lowest BCUT2D eigenvalue weighted by atomic mass is 9.83. The van der Waals surface area contributed by atoms with E-state index in [4.69, 9.17) is 0 Å². The first kappa shape index (κ1) is 17.6. The molecule has 3 rings (SSSR count). The molecule has 1 aliphatic carbocycles. The summed E-state index contributed by atoms with van der Waals surface area (Å²) in [7, 11) is 0. The van der Waals surface area contributed by atoms with Crippen molar-refractivity contribution in [3.8, 4) is 0 Å². The number of allylic oxidation sites excluding steroid dienone is 3. The highest BCUT2D eigenvalue weighted by molar-refractivity contribution is 8.00. The Morgan fingerprint density at radius 3 is 2.38 bits per heavy atom. The van der Waals surface area contributed by atoms with Gasteiger partial charge in [-0.15, -0.1) is 11.8 Å². The SMILES string of the molecule is Cc1ccc(SC2CC=C(C(F)(F)F)C=C2C2CCNCC2)cc1. The van der Waals surface area contributed by atoms with E-state index in [1.807, 2.05) is 6.92 Å². The molecule has 2 aliphatic rings. The van der Waals surface area contributed by atoms with Gasteiger partial charge < -0.3 is 5.32 Å². The third kappa shape index (κ3) is 4.25. The largest absolute Gasteiger partial charge is 0.416 e. The average molecular weight is 353 g/mol. The summed E-state index contributed by atoms with van der Waals surface area (Å²) in [6, 6.07) is 8.22.